The van der Waals surface area contributed by atoms with E-state index in [4.69, 9.17) is 5.11 Å². The molecule has 0 aliphatic heterocycles. The molecule has 1 unspecified atom stereocenters. The zero-order chi connectivity index (χ0) is 13.6. The Morgan fingerprint density at radius 1 is 1.28 bits per heavy atom. The maximum Gasteiger partial charge on any atom is 0.314 e. The van der Waals surface area contributed by atoms with Gasteiger partial charge in [-0.25, -0.2) is 4.79 Å². The van der Waals surface area contributed by atoms with Crippen molar-refractivity contribution in [1.82, 2.24) is 10.6 Å². The normalized spacial score (nSPS) is 19.2. The number of hydrogen-bond acceptors (Lipinski definition) is 3. The fraction of sp³-hybridized carbons (Fsp3) is 0.833. The highest BCUT2D eigenvalue weighted by Crippen LogP contribution is 2.23. The molecule has 0 aromatic heterocycles. The number of carboxylic acids is 1. The molecule has 1 aliphatic rings. The standard InChI is InChI=1S/C12H22N2O4/c1-12(18,6-10(15)16)8-14-11(17)13-7-9-4-2-3-5-9/h9,18H,2-8H2,1H3,(H,15,16)(H2,13,14,17). The van der Waals surface area contributed by atoms with E-state index in [-0.39, 0.29) is 12.6 Å². The summed E-state index contributed by atoms with van der Waals surface area (Å²) in [5, 5.41) is 23.5. The molecule has 1 saturated carbocycles. The van der Waals surface area contributed by atoms with Crippen LogP contribution in [0.3, 0.4) is 0 Å². The van der Waals surface area contributed by atoms with Crippen LogP contribution in [-0.2, 0) is 4.79 Å². The van der Waals surface area contributed by atoms with E-state index in [0.717, 1.165) is 12.8 Å². The van der Waals surface area contributed by atoms with Crippen LogP contribution >= 0.6 is 0 Å². The van der Waals surface area contributed by atoms with Crippen molar-refractivity contribution < 1.29 is 19.8 Å². The van der Waals surface area contributed by atoms with E-state index < -0.39 is 18.0 Å². The highest BCUT2D eigenvalue weighted by molar-refractivity contribution is 5.74. The van der Waals surface area contributed by atoms with Crippen LogP contribution in [0.15, 0.2) is 0 Å². The van der Waals surface area contributed by atoms with Crippen LogP contribution in [0.5, 0.6) is 0 Å². The number of hydrogen-bond donors (Lipinski definition) is 4. The number of carbonyl (C=O) groups is 2. The molecule has 0 heterocycles. The molecule has 4 N–H and O–H groups in total. The fourth-order valence-electron chi connectivity index (χ4n) is 2.17. The summed E-state index contributed by atoms with van der Waals surface area (Å²) in [6, 6.07) is -0.354. The molecule has 104 valence electrons. The first-order valence-corrected chi connectivity index (χ1v) is 6.35. The van der Waals surface area contributed by atoms with Gasteiger partial charge in [0.05, 0.1) is 12.0 Å². The lowest BCUT2D eigenvalue weighted by Gasteiger charge is -2.21. The minimum Gasteiger partial charge on any atom is -0.481 e. The first kappa shape index (κ1) is 14.8. The Morgan fingerprint density at radius 2 is 1.89 bits per heavy atom. The number of amides is 2. The summed E-state index contributed by atoms with van der Waals surface area (Å²) in [4.78, 5) is 21.9. The zero-order valence-electron chi connectivity index (χ0n) is 10.7. The van der Waals surface area contributed by atoms with Crippen molar-refractivity contribution in [2.75, 3.05) is 13.1 Å². The minimum absolute atomic E-state index is 0.0736. The van der Waals surface area contributed by atoms with Gasteiger partial charge in [-0.2, -0.15) is 0 Å². The number of carbonyl (C=O) groups excluding carboxylic acids is 1. The van der Waals surface area contributed by atoms with Crippen LogP contribution in [0.2, 0.25) is 0 Å². The summed E-state index contributed by atoms with van der Waals surface area (Å²) in [5.41, 5.74) is -1.42. The topological polar surface area (TPSA) is 98.7 Å². The van der Waals surface area contributed by atoms with Gasteiger partial charge < -0.3 is 20.8 Å². The Morgan fingerprint density at radius 3 is 2.44 bits per heavy atom. The van der Waals surface area contributed by atoms with E-state index in [1.807, 2.05) is 0 Å². The van der Waals surface area contributed by atoms with Crippen molar-refractivity contribution in [3.8, 4) is 0 Å². The molecule has 1 aliphatic carbocycles. The molecule has 18 heavy (non-hydrogen) atoms. The molecule has 0 aromatic rings. The van der Waals surface area contributed by atoms with E-state index in [0.29, 0.717) is 12.5 Å². The van der Waals surface area contributed by atoms with E-state index >= 15 is 0 Å². The molecule has 1 fully saturated rings. The summed E-state index contributed by atoms with van der Waals surface area (Å²) < 4.78 is 0. The van der Waals surface area contributed by atoms with Crippen LogP contribution in [0, 0.1) is 5.92 Å². The molecule has 0 aromatic carbocycles. The average Bonchev–Trinajstić information content (AvgIpc) is 2.74. The third kappa shape index (κ3) is 5.86. The molecule has 0 bridgehead atoms. The maximum atomic E-state index is 11.5. The van der Waals surface area contributed by atoms with Crippen molar-refractivity contribution in [2.24, 2.45) is 5.92 Å². The van der Waals surface area contributed by atoms with Crippen LogP contribution in [0.1, 0.15) is 39.0 Å². The van der Waals surface area contributed by atoms with Crippen molar-refractivity contribution in [1.29, 1.82) is 0 Å². The van der Waals surface area contributed by atoms with Crippen molar-refractivity contribution in [2.45, 2.75) is 44.6 Å². The lowest BCUT2D eigenvalue weighted by atomic mass is 10.0. The van der Waals surface area contributed by atoms with Gasteiger partial charge in [-0.15, -0.1) is 0 Å². The first-order chi connectivity index (χ1) is 8.39. The second kappa shape index (κ2) is 6.58. The number of urea groups is 1. The van der Waals surface area contributed by atoms with Crippen molar-refractivity contribution in [3.05, 3.63) is 0 Å². The van der Waals surface area contributed by atoms with E-state index in [9.17, 15) is 14.7 Å². The summed E-state index contributed by atoms with van der Waals surface area (Å²) in [6.07, 6.45) is 4.35. The maximum absolute atomic E-state index is 11.5. The molecule has 2 amide bonds. The van der Waals surface area contributed by atoms with E-state index in [1.54, 1.807) is 0 Å². The van der Waals surface area contributed by atoms with Crippen LogP contribution < -0.4 is 10.6 Å². The fourth-order valence-corrected chi connectivity index (χ4v) is 2.17. The largest absolute Gasteiger partial charge is 0.481 e. The van der Waals surface area contributed by atoms with Gasteiger partial charge in [-0.05, 0) is 25.7 Å². The monoisotopic (exact) mass is 258 g/mol. The van der Waals surface area contributed by atoms with Crippen molar-refractivity contribution in [3.63, 3.8) is 0 Å². The van der Waals surface area contributed by atoms with Gasteiger partial charge in [0.2, 0.25) is 0 Å². The Bertz CT molecular complexity index is 298. The smallest absolute Gasteiger partial charge is 0.314 e. The Balaban J connectivity index is 2.17. The molecule has 0 spiro atoms. The predicted molar refractivity (Wildman–Crippen MR) is 66.2 cm³/mol. The van der Waals surface area contributed by atoms with Gasteiger partial charge in [0.1, 0.15) is 0 Å². The quantitative estimate of drug-likeness (QED) is 0.563. The molecular formula is C12H22N2O4. The van der Waals surface area contributed by atoms with Gasteiger partial charge in [0.15, 0.2) is 0 Å². The highest BCUT2D eigenvalue weighted by atomic mass is 16.4. The van der Waals surface area contributed by atoms with Crippen LogP contribution in [0.25, 0.3) is 0 Å². The molecular weight excluding hydrogens is 236 g/mol. The predicted octanol–water partition coefficient (Wildman–Crippen LogP) is 0.701. The molecule has 0 saturated heterocycles. The summed E-state index contributed by atoms with van der Waals surface area (Å²) in [6.45, 7) is 1.96. The Hall–Kier alpha value is -1.30. The third-order valence-electron chi connectivity index (χ3n) is 3.19. The molecule has 0 radical (unpaired) electrons. The number of carboxylic acid groups (broad SMARTS) is 1. The molecule has 1 atom stereocenters. The van der Waals surface area contributed by atoms with Gasteiger partial charge in [-0.3, -0.25) is 4.79 Å². The SMILES string of the molecule is CC(O)(CNC(=O)NCC1CCCC1)CC(=O)O. The number of aliphatic hydroxyl groups is 1. The first-order valence-electron chi connectivity index (χ1n) is 6.35. The number of nitrogens with one attached hydrogen (secondary N) is 2. The number of rotatable bonds is 6. The van der Waals surface area contributed by atoms with E-state index in [2.05, 4.69) is 10.6 Å². The molecule has 6 heteroatoms. The van der Waals surface area contributed by atoms with Crippen molar-refractivity contribution >= 4 is 12.0 Å². The van der Waals surface area contributed by atoms with Gasteiger partial charge in [0.25, 0.3) is 0 Å². The highest BCUT2D eigenvalue weighted by Gasteiger charge is 2.25. The van der Waals surface area contributed by atoms with Gasteiger partial charge in [0, 0.05) is 13.1 Å². The lowest BCUT2D eigenvalue weighted by molar-refractivity contribution is -0.141. The molecule has 6 nitrogen and oxygen atoms in total. The summed E-state index contributed by atoms with van der Waals surface area (Å²) in [7, 11) is 0. The zero-order valence-corrected chi connectivity index (χ0v) is 10.7. The summed E-state index contributed by atoms with van der Waals surface area (Å²) in [5.74, 6) is -0.538. The van der Waals surface area contributed by atoms with Gasteiger partial charge in [-0.1, -0.05) is 12.8 Å². The number of aliphatic carboxylic acids is 1. The second-order valence-electron chi connectivity index (χ2n) is 5.28. The average molecular weight is 258 g/mol. The van der Waals surface area contributed by atoms with Crippen LogP contribution in [0.4, 0.5) is 4.79 Å². The van der Waals surface area contributed by atoms with Gasteiger partial charge >= 0.3 is 12.0 Å². The second-order valence-corrected chi connectivity index (χ2v) is 5.28. The van der Waals surface area contributed by atoms with E-state index in [1.165, 1.54) is 19.8 Å². The lowest BCUT2D eigenvalue weighted by Crippen LogP contribution is -2.46. The Kier molecular flexibility index (Phi) is 5.40. The summed E-state index contributed by atoms with van der Waals surface area (Å²) >= 11 is 0. The third-order valence-corrected chi connectivity index (χ3v) is 3.19. The molecule has 1 rings (SSSR count). The van der Waals surface area contributed by atoms with Crippen LogP contribution in [-0.4, -0.2) is 40.9 Å². The minimum atomic E-state index is -1.42. The Labute approximate surface area is 107 Å².